The molecule has 0 spiro atoms. The van der Waals surface area contributed by atoms with E-state index in [9.17, 15) is 0 Å². The summed E-state index contributed by atoms with van der Waals surface area (Å²) in [6.07, 6.45) is 1.74. The number of nitrogens with two attached hydrogens (primary N) is 1. The van der Waals surface area contributed by atoms with Crippen molar-refractivity contribution >= 4 is 0 Å². The Hall–Kier alpha value is -1.58. The van der Waals surface area contributed by atoms with Crippen molar-refractivity contribution in [1.29, 1.82) is 0 Å². The minimum absolute atomic E-state index is 0.173. The lowest BCUT2D eigenvalue weighted by Crippen LogP contribution is -2.31. The molecule has 1 aliphatic rings. The molecule has 1 saturated heterocycles. The van der Waals surface area contributed by atoms with Gasteiger partial charge in [-0.3, -0.25) is 4.90 Å². The van der Waals surface area contributed by atoms with Crippen LogP contribution in [0, 0.1) is 5.92 Å². The second-order valence-corrected chi connectivity index (χ2v) is 5.42. The van der Waals surface area contributed by atoms with Crippen molar-refractivity contribution in [3.8, 4) is 0 Å². The molecular weight excluding hydrogens is 236 g/mol. The van der Waals surface area contributed by atoms with E-state index < -0.39 is 0 Å². The maximum atomic E-state index is 6.17. The van der Waals surface area contributed by atoms with Crippen LogP contribution in [0.5, 0.6) is 0 Å². The molecule has 1 aromatic carbocycles. The van der Waals surface area contributed by atoms with Crippen molar-refractivity contribution in [3.63, 3.8) is 0 Å². The summed E-state index contributed by atoms with van der Waals surface area (Å²) in [5, 5.41) is 0. The Morgan fingerprint density at radius 2 is 1.95 bits per heavy atom. The van der Waals surface area contributed by atoms with Crippen LogP contribution in [-0.2, 0) is 0 Å². The number of benzene rings is 1. The lowest BCUT2D eigenvalue weighted by atomic mass is 10.0. The molecule has 100 valence electrons. The second kappa shape index (κ2) is 5.19. The van der Waals surface area contributed by atoms with Crippen molar-refractivity contribution in [3.05, 3.63) is 60.1 Å². The van der Waals surface area contributed by atoms with Crippen LogP contribution in [0.1, 0.15) is 24.3 Å². The summed E-state index contributed by atoms with van der Waals surface area (Å²) in [5.74, 6) is 1.52. The molecular formula is C16H20N2O. The van der Waals surface area contributed by atoms with E-state index >= 15 is 0 Å². The normalized spacial score (nSPS) is 25.6. The highest BCUT2D eigenvalue weighted by atomic mass is 16.3. The lowest BCUT2D eigenvalue weighted by Gasteiger charge is -2.26. The second-order valence-electron chi connectivity index (χ2n) is 5.42. The largest absolute Gasteiger partial charge is 0.467 e. The maximum absolute atomic E-state index is 6.17. The number of nitrogens with zero attached hydrogens (tertiary/aromatic N) is 1. The molecule has 3 nitrogen and oxygen atoms in total. The van der Waals surface area contributed by atoms with E-state index in [-0.39, 0.29) is 12.1 Å². The zero-order chi connectivity index (χ0) is 13.2. The third kappa shape index (κ3) is 2.44. The van der Waals surface area contributed by atoms with Gasteiger partial charge in [0.2, 0.25) is 0 Å². The van der Waals surface area contributed by atoms with Crippen molar-refractivity contribution in [2.75, 3.05) is 13.1 Å². The first-order valence-electron chi connectivity index (χ1n) is 6.83. The van der Waals surface area contributed by atoms with E-state index in [1.54, 1.807) is 6.26 Å². The number of hydrogen-bond acceptors (Lipinski definition) is 3. The maximum Gasteiger partial charge on any atom is 0.125 e. The summed E-state index contributed by atoms with van der Waals surface area (Å²) in [6.45, 7) is 4.15. The first kappa shape index (κ1) is 12.5. The van der Waals surface area contributed by atoms with Gasteiger partial charge in [0.05, 0.1) is 12.3 Å². The SMILES string of the molecule is CC1CN(C(c2ccccc2)c2ccco2)CC1N. The van der Waals surface area contributed by atoms with Gasteiger partial charge in [-0.15, -0.1) is 0 Å². The fourth-order valence-electron chi connectivity index (χ4n) is 2.88. The molecule has 19 heavy (non-hydrogen) atoms. The molecule has 0 radical (unpaired) electrons. The van der Waals surface area contributed by atoms with Crippen LogP contribution in [0.25, 0.3) is 0 Å². The number of rotatable bonds is 3. The molecule has 0 aliphatic carbocycles. The van der Waals surface area contributed by atoms with Gasteiger partial charge in [0.15, 0.2) is 0 Å². The molecule has 2 N–H and O–H groups in total. The molecule has 0 amide bonds. The van der Waals surface area contributed by atoms with Crippen LogP contribution in [-0.4, -0.2) is 24.0 Å². The zero-order valence-electron chi connectivity index (χ0n) is 11.2. The topological polar surface area (TPSA) is 42.4 Å². The van der Waals surface area contributed by atoms with Crippen LogP contribution in [0.4, 0.5) is 0 Å². The van der Waals surface area contributed by atoms with Gasteiger partial charge in [-0.1, -0.05) is 37.3 Å². The molecule has 1 aromatic heterocycles. The van der Waals surface area contributed by atoms with Gasteiger partial charge < -0.3 is 10.2 Å². The Bertz CT molecular complexity index is 499. The Morgan fingerprint density at radius 3 is 2.53 bits per heavy atom. The standard InChI is InChI=1S/C16H20N2O/c1-12-10-18(11-14(12)17)16(15-8-5-9-19-15)13-6-3-2-4-7-13/h2-9,12,14,16H,10-11,17H2,1H3. The Labute approximate surface area is 114 Å². The van der Waals surface area contributed by atoms with Crippen LogP contribution in [0.3, 0.4) is 0 Å². The molecule has 2 aromatic rings. The first-order chi connectivity index (χ1) is 9.25. The summed E-state index contributed by atoms with van der Waals surface area (Å²) in [5.41, 5.74) is 7.43. The molecule has 1 aliphatic heterocycles. The minimum atomic E-state index is 0.173. The van der Waals surface area contributed by atoms with E-state index in [1.807, 2.05) is 18.2 Å². The quantitative estimate of drug-likeness (QED) is 0.918. The van der Waals surface area contributed by atoms with Gasteiger partial charge in [0, 0.05) is 19.1 Å². The summed E-state index contributed by atoms with van der Waals surface area (Å²) < 4.78 is 5.65. The van der Waals surface area contributed by atoms with E-state index in [0.717, 1.165) is 18.8 Å². The van der Waals surface area contributed by atoms with E-state index in [0.29, 0.717) is 5.92 Å². The van der Waals surface area contributed by atoms with Gasteiger partial charge >= 0.3 is 0 Å². The molecule has 1 fully saturated rings. The zero-order valence-corrected chi connectivity index (χ0v) is 11.2. The smallest absolute Gasteiger partial charge is 0.125 e. The third-order valence-corrected chi connectivity index (χ3v) is 3.99. The predicted octanol–water partition coefficient (Wildman–Crippen LogP) is 2.65. The fraction of sp³-hybridized carbons (Fsp3) is 0.375. The van der Waals surface area contributed by atoms with Gasteiger partial charge in [-0.25, -0.2) is 0 Å². The molecule has 3 rings (SSSR count). The highest BCUT2D eigenvalue weighted by Gasteiger charge is 2.34. The molecule has 3 heteroatoms. The van der Waals surface area contributed by atoms with Crippen LogP contribution >= 0.6 is 0 Å². The van der Waals surface area contributed by atoms with Crippen molar-refractivity contribution in [2.45, 2.75) is 19.0 Å². The summed E-state index contributed by atoms with van der Waals surface area (Å²) >= 11 is 0. The predicted molar refractivity (Wildman–Crippen MR) is 75.7 cm³/mol. The van der Waals surface area contributed by atoms with E-state index in [2.05, 4.69) is 36.1 Å². The molecule has 2 heterocycles. The number of hydrogen-bond donors (Lipinski definition) is 1. The van der Waals surface area contributed by atoms with Crippen LogP contribution in [0.15, 0.2) is 53.1 Å². The van der Waals surface area contributed by atoms with Crippen molar-refractivity contribution < 1.29 is 4.42 Å². The monoisotopic (exact) mass is 256 g/mol. The minimum Gasteiger partial charge on any atom is -0.467 e. The Balaban J connectivity index is 1.94. The average molecular weight is 256 g/mol. The lowest BCUT2D eigenvalue weighted by molar-refractivity contribution is 0.241. The van der Waals surface area contributed by atoms with E-state index in [4.69, 9.17) is 10.2 Å². The molecule has 3 atom stereocenters. The van der Waals surface area contributed by atoms with Crippen molar-refractivity contribution in [1.82, 2.24) is 4.90 Å². The fourth-order valence-corrected chi connectivity index (χ4v) is 2.88. The molecule has 3 unspecified atom stereocenters. The summed E-state index contributed by atoms with van der Waals surface area (Å²) in [7, 11) is 0. The van der Waals surface area contributed by atoms with Gasteiger partial charge in [-0.2, -0.15) is 0 Å². The van der Waals surface area contributed by atoms with Gasteiger partial charge in [-0.05, 0) is 23.6 Å². The van der Waals surface area contributed by atoms with E-state index in [1.165, 1.54) is 5.56 Å². The average Bonchev–Trinajstić information content (AvgIpc) is 3.03. The first-order valence-corrected chi connectivity index (χ1v) is 6.83. The summed E-state index contributed by atoms with van der Waals surface area (Å²) in [6, 6.07) is 14.9. The molecule has 0 bridgehead atoms. The van der Waals surface area contributed by atoms with Gasteiger partial charge in [0.25, 0.3) is 0 Å². The number of furan rings is 1. The Kier molecular flexibility index (Phi) is 3.40. The molecule has 0 saturated carbocycles. The number of likely N-dealkylation sites (tertiary alicyclic amines) is 1. The van der Waals surface area contributed by atoms with Gasteiger partial charge in [0.1, 0.15) is 5.76 Å². The Morgan fingerprint density at radius 1 is 1.16 bits per heavy atom. The van der Waals surface area contributed by atoms with Crippen LogP contribution < -0.4 is 5.73 Å². The third-order valence-electron chi connectivity index (χ3n) is 3.99. The summed E-state index contributed by atoms with van der Waals surface area (Å²) in [4.78, 5) is 2.42. The van der Waals surface area contributed by atoms with Crippen molar-refractivity contribution in [2.24, 2.45) is 11.7 Å². The highest BCUT2D eigenvalue weighted by Crippen LogP contribution is 2.32. The highest BCUT2D eigenvalue weighted by molar-refractivity contribution is 5.27. The van der Waals surface area contributed by atoms with Crippen LogP contribution in [0.2, 0.25) is 0 Å².